The smallest absolute Gasteiger partial charge is 0.260 e. The highest BCUT2D eigenvalue weighted by molar-refractivity contribution is 7.87. The molecule has 0 saturated heterocycles. The summed E-state index contributed by atoms with van der Waals surface area (Å²) in [5, 5.41) is 4.75. The fourth-order valence-electron chi connectivity index (χ4n) is 0.778. The van der Waals surface area contributed by atoms with E-state index >= 15 is 0 Å². The van der Waals surface area contributed by atoms with Crippen molar-refractivity contribution >= 4 is 10.2 Å². The first kappa shape index (κ1) is 10.1. The Morgan fingerprint density at radius 2 is 2.23 bits per heavy atom. The summed E-state index contributed by atoms with van der Waals surface area (Å²) in [6.07, 6.45) is 1.67. The minimum Gasteiger partial charge on any atom is -0.260 e. The van der Waals surface area contributed by atoms with Crippen molar-refractivity contribution < 1.29 is 8.42 Å². The van der Waals surface area contributed by atoms with Crippen molar-refractivity contribution in [3.8, 4) is 0 Å². The third-order valence-corrected chi connectivity index (χ3v) is 1.97. The zero-order valence-electron chi connectivity index (χ0n) is 7.19. The first-order chi connectivity index (χ1) is 5.97. The molecule has 3 N–H and O–H groups in total. The fraction of sp³-hybridized carbons (Fsp3) is 0.286. The predicted molar refractivity (Wildman–Crippen MR) is 48.9 cm³/mol. The Kier molecular flexibility index (Phi) is 2.97. The molecule has 6 heteroatoms. The van der Waals surface area contributed by atoms with Gasteiger partial charge in [0, 0.05) is 6.20 Å². The van der Waals surface area contributed by atoms with Gasteiger partial charge in [0.15, 0.2) is 0 Å². The van der Waals surface area contributed by atoms with Gasteiger partial charge in [-0.3, -0.25) is 4.98 Å². The van der Waals surface area contributed by atoms with Gasteiger partial charge in [-0.15, -0.1) is 0 Å². The number of nitrogens with two attached hydrogens (primary N) is 1. The molecule has 0 spiro atoms. The van der Waals surface area contributed by atoms with Crippen molar-refractivity contribution in [3.05, 3.63) is 29.6 Å². The lowest BCUT2D eigenvalue weighted by atomic mass is 10.3. The maximum atomic E-state index is 10.5. The summed E-state index contributed by atoms with van der Waals surface area (Å²) >= 11 is 0. The van der Waals surface area contributed by atoms with Crippen LogP contribution in [0.3, 0.4) is 0 Å². The van der Waals surface area contributed by atoms with E-state index in [0.717, 1.165) is 5.56 Å². The molecule has 1 aromatic rings. The van der Waals surface area contributed by atoms with Crippen molar-refractivity contribution in [1.29, 1.82) is 0 Å². The Labute approximate surface area is 77.2 Å². The van der Waals surface area contributed by atoms with Gasteiger partial charge < -0.3 is 0 Å². The van der Waals surface area contributed by atoms with Gasteiger partial charge in [-0.05, 0) is 18.6 Å². The zero-order chi connectivity index (χ0) is 9.90. The molecule has 0 aromatic carbocycles. The van der Waals surface area contributed by atoms with Crippen molar-refractivity contribution in [3.63, 3.8) is 0 Å². The molecule has 1 heterocycles. The molecule has 0 atom stereocenters. The summed E-state index contributed by atoms with van der Waals surface area (Å²) in [6.45, 7) is 2.03. The van der Waals surface area contributed by atoms with Crippen LogP contribution < -0.4 is 9.86 Å². The molecular weight excluding hydrogens is 190 g/mol. The standard InChI is InChI=1S/C7H11N3O2S/c1-6-2-3-7(9-4-6)5-10-13(8,11)12/h2-4,10H,5H2,1H3,(H2,8,11,12). The summed E-state index contributed by atoms with van der Waals surface area (Å²) < 4.78 is 23.2. The van der Waals surface area contributed by atoms with Gasteiger partial charge in [-0.1, -0.05) is 6.07 Å². The molecule has 0 fully saturated rings. The van der Waals surface area contributed by atoms with Crippen molar-refractivity contribution in [1.82, 2.24) is 9.71 Å². The lowest BCUT2D eigenvalue weighted by Crippen LogP contribution is -2.30. The number of aromatic nitrogens is 1. The minimum absolute atomic E-state index is 0.124. The van der Waals surface area contributed by atoms with E-state index in [2.05, 4.69) is 9.71 Å². The molecular formula is C7H11N3O2S. The van der Waals surface area contributed by atoms with Gasteiger partial charge >= 0.3 is 0 Å². The zero-order valence-corrected chi connectivity index (χ0v) is 8.00. The molecule has 0 bridgehead atoms. The van der Waals surface area contributed by atoms with E-state index < -0.39 is 10.2 Å². The van der Waals surface area contributed by atoms with Crippen LogP contribution in [-0.4, -0.2) is 13.4 Å². The van der Waals surface area contributed by atoms with Crippen LogP contribution in [0.1, 0.15) is 11.3 Å². The molecule has 72 valence electrons. The van der Waals surface area contributed by atoms with Crippen LogP contribution in [0.2, 0.25) is 0 Å². The van der Waals surface area contributed by atoms with Crippen molar-refractivity contribution in [2.24, 2.45) is 5.14 Å². The second-order valence-electron chi connectivity index (χ2n) is 2.69. The Morgan fingerprint density at radius 1 is 1.54 bits per heavy atom. The molecule has 0 saturated carbocycles. The maximum absolute atomic E-state index is 10.5. The summed E-state index contributed by atoms with van der Waals surface area (Å²) in [5.41, 5.74) is 1.67. The molecule has 0 aliphatic carbocycles. The van der Waals surface area contributed by atoms with E-state index in [9.17, 15) is 8.42 Å². The highest BCUT2D eigenvalue weighted by Gasteiger charge is 2.01. The van der Waals surface area contributed by atoms with E-state index in [-0.39, 0.29) is 6.54 Å². The number of aryl methyl sites for hydroxylation is 1. The van der Waals surface area contributed by atoms with Crippen molar-refractivity contribution in [2.45, 2.75) is 13.5 Å². The Bertz CT molecular complexity index is 371. The second-order valence-corrected chi connectivity index (χ2v) is 4.07. The SMILES string of the molecule is Cc1ccc(CNS(N)(=O)=O)nc1. The van der Waals surface area contributed by atoms with Crippen LogP contribution >= 0.6 is 0 Å². The second kappa shape index (κ2) is 3.82. The molecule has 0 aliphatic rings. The van der Waals surface area contributed by atoms with Crippen molar-refractivity contribution in [2.75, 3.05) is 0 Å². The normalized spacial score (nSPS) is 11.5. The number of hydrogen-bond acceptors (Lipinski definition) is 3. The van der Waals surface area contributed by atoms with E-state index in [4.69, 9.17) is 5.14 Å². The number of pyridine rings is 1. The van der Waals surface area contributed by atoms with Crippen LogP contribution in [-0.2, 0) is 16.8 Å². The maximum Gasteiger partial charge on any atom is 0.274 e. The van der Waals surface area contributed by atoms with Crippen LogP contribution in [0.5, 0.6) is 0 Å². The number of nitrogens with zero attached hydrogens (tertiary/aromatic N) is 1. The van der Waals surface area contributed by atoms with Gasteiger partial charge in [0.25, 0.3) is 10.2 Å². The Balaban J connectivity index is 2.61. The Morgan fingerprint density at radius 3 is 2.69 bits per heavy atom. The van der Waals surface area contributed by atoms with E-state index in [1.807, 2.05) is 13.0 Å². The highest BCUT2D eigenvalue weighted by atomic mass is 32.2. The number of rotatable bonds is 3. The third kappa shape index (κ3) is 3.97. The first-order valence-electron chi connectivity index (χ1n) is 3.66. The topological polar surface area (TPSA) is 85.1 Å². The number of hydrogen-bond donors (Lipinski definition) is 2. The first-order valence-corrected chi connectivity index (χ1v) is 5.21. The largest absolute Gasteiger partial charge is 0.274 e. The van der Waals surface area contributed by atoms with Crippen LogP contribution in [0.15, 0.2) is 18.3 Å². The summed E-state index contributed by atoms with van der Waals surface area (Å²) in [5.74, 6) is 0. The van der Waals surface area contributed by atoms with E-state index in [0.29, 0.717) is 5.69 Å². The molecule has 0 aliphatic heterocycles. The quantitative estimate of drug-likeness (QED) is 0.703. The molecule has 1 rings (SSSR count). The molecule has 0 amide bonds. The molecule has 0 unspecified atom stereocenters. The van der Waals surface area contributed by atoms with Gasteiger partial charge in [0.05, 0.1) is 12.2 Å². The predicted octanol–water partition coefficient (Wildman–Crippen LogP) is -0.317. The van der Waals surface area contributed by atoms with Gasteiger partial charge in [0.2, 0.25) is 0 Å². The monoisotopic (exact) mass is 201 g/mol. The minimum atomic E-state index is -3.62. The van der Waals surface area contributed by atoms with Crippen LogP contribution in [0.4, 0.5) is 0 Å². The summed E-state index contributed by atoms with van der Waals surface area (Å²) in [7, 11) is -3.62. The van der Waals surface area contributed by atoms with E-state index in [1.165, 1.54) is 0 Å². The lowest BCUT2D eigenvalue weighted by Gasteiger charge is -2.01. The molecule has 0 radical (unpaired) electrons. The van der Waals surface area contributed by atoms with Crippen LogP contribution in [0, 0.1) is 6.92 Å². The lowest BCUT2D eigenvalue weighted by molar-refractivity contribution is 0.582. The van der Waals surface area contributed by atoms with Crippen LogP contribution in [0.25, 0.3) is 0 Å². The van der Waals surface area contributed by atoms with Gasteiger partial charge in [0.1, 0.15) is 0 Å². The fourth-order valence-corrected chi connectivity index (χ4v) is 1.13. The molecule has 5 nitrogen and oxygen atoms in total. The summed E-state index contributed by atoms with van der Waals surface area (Å²) in [4.78, 5) is 4.00. The van der Waals surface area contributed by atoms with E-state index in [1.54, 1.807) is 12.3 Å². The Hall–Kier alpha value is -0.980. The molecule has 13 heavy (non-hydrogen) atoms. The summed E-state index contributed by atoms with van der Waals surface area (Å²) in [6, 6.07) is 3.60. The van der Waals surface area contributed by atoms with Gasteiger partial charge in [-0.2, -0.15) is 13.1 Å². The average Bonchev–Trinajstić information content (AvgIpc) is 2.02. The number of nitrogens with one attached hydrogen (secondary N) is 1. The third-order valence-electron chi connectivity index (χ3n) is 1.43. The average molecular weight is 201 g/mol. The van der Waals surface area contributed by atoms with Gasteiger partial charge in [-0.25, -0.2) is 5.14 Å². The molecule has 1 aromatic heterocycles. The highest BCUT2D eigenvalue weighted by Crippen LogP contribution is 1.97.